The molecule has 2 saturated heterocycles. The highest BCUT2D eigenvalue weighted by Crippen LogP contribution is 2.26. The number of hydrogen-bond acceptors (Lipinski definition) is 6. The van der Waals surface area contributed by atoms with Crippen LogP contribution in [0.1, 0.15) is 10.4 Å². The molecule has 0 radical (unpaired) electrons. The highest BCUT2D eigenvalue weighted by molar-refractivity contribution is 7.80. The molecule has 2 aromatic carbocycles. The number of thiol groups is 1. The molecule has 3 amide bonds. The minimum atomic E-state index is -0.582. The van der Waals surface area contributed by atoms with Crippen LogP contribution in [0.15, 0.2) is 53.4 Å². The summed E-state index contributed by atoms with van der Waals surface area (Å²) in [7, 11) is 0. The average molecular weight is 462 g/mol. The number of anilines is 2. The fraction of sp³-hybridized carbons (Fsp3) is 0.286. The number of amides is 3. The Labute approximate surface area is 189 Å². The molecule has 10 heteroatoms. The summed E-state index contributed by atoms with van der Waals surface area (Å²) in [5, 5.41) is 0. The van der Waals surface area contributed by atoms with Gasteiger partial charge in [-0.1, -0.05) is 12.1 Å². The van der Waals surface area contributed by atoms with Crippen molar-refractivity contribution < 1.29 is 23.9 Å². The van der Waals surface area contributed by atoms with E-state index in [9.17, 15) is 14.4 Å². The summed E-state index contributed by atoms with van der Waals surface area (Å²) in [5.41, 5.74) is 1.74. The molecule has 2 fully saturated rings. The Hall–Kier alpha value is -2.75. The Morgan fingerprint density at radius 1 is 1.10 bits per heavy atom. The van der Waals surface area contributed by atoms with Crippen molar-refractivity contribution in [3.8, 4) is 0 Å². The van der Waals surface area contributed by atoms with Gasteiger partial charge in [-0.2, -0.15) is 0 Å². The summed E-state index contributed by atoms with van der Waals surface area (Å²) in [6.45, 7) is 1.31. The van der Waals surface area contributed by atoms with E-state index in [2.05, 4.69) is 12.6 Å². The molecule has 2 aliphatic heterocycles. The van der Waals surface area contributed by atoms with Crippen LogP contribution >= 0.6 is 24.4 Å². The van der Waals surface area contributed by atoms with Crippen molar-refractivity contribution in [2.45, 2.75) is 11.0 Å². The van der Waals surface area contributed by atoms with E-state index in [1.54, 1.807) is 53.4 Å². The summed E-state index contributed by atoms with van der Waals surface area (Å²) in [6, 6.07) is 13.9. The number of ether oxygens (including phenoxy) is 2. The number of morpholine rings is 1. The van der Waals surface area contributed by atoms with Crippen molar-refractivity contribution in [1.29, 1.82) is 0 Å². The monoisotopic (exact) mass is 461 g/mol. The molecule has 162 valence electrons. The largest absolute Gasteiger partial charge is 0.442 e. The van der Waals surface area contributed by atoms with Crippen LogP contribution in [0.2, 0.25) is 0 Å². The third-order valence-corrected chi connectivity index (χ3v) is 5.73. The number of carbonyl (C=O) groups excluding carboxylic acids is 3. The molecule has 2 aromatic rings. The minimum Gasteiger partial charge on any atom is -0.442 e. The molecule has 2 aliphatic rings. The first-order chi connectivity index (χ1) is 14.9. The van der Waals surface area contributed by atoms with Gasteiger partial charge >= 0.3 is 6.09 Å². The first-order valence-corrected chi connectivity index (χ1v) is 10.4. The van der Waals surface area contributed by atoms with Crippen molar-refractivity contribution >= 4 is 53.7 Å². The standard InChI is InChI=1S/C21H20ClN3O5S/c22-25(20(27)17-3-1-2-4-18(17)31)12-16-11-24(21(28)30-16)15-7-5-14(6-8-15)23-9-10-29-13-19(23)26/h1-8,16,31H,9-13H2/t16-/m0/s1. The van der Waals surface area contributed by atoms with Gasteiger partial charge in [0.2, 0.25) is 0 Å². The summed E-state index contributed by atoms with van der Waals surface area (Å²) < 4.78 is 11.5. The van der Waals surface area contributed by atoms with Gasteiger partial charge in [0.05, 0.1) is 25.3 Å². The molecule has 31 heavy (non-hydrogen) atoms. The lowest BCUT2D eigenvalue weighted by atomic mass is 10.2. The Morgan fingerprint density at radius 2 is 1.77 bits per heavy atom. The van der Waals surface area contributed by atoms with Crippen LogP contribution in [0, 0.1) is 0 Å². The number of halogens is 1. The van der Waals surface area contributed by atoms with E-state index in [0.717, 1.165) is 10.1 Å². The molecule has 0 aliphatic carbocycles. The van der Waals surface area contributed by atoms with Gasteiger partial charge in [-0.05, 0) is 36.4 Å². The Bertz CT molecular complexity index is 1000. The fourth-order valence-corrected chi connectivity index (χ4v) is 3.98. The normalized spacial score (nSPS) is 18.8. The van der Waals surface area contributed by atoms with Crippen molar-refractivity contribution in [3.63, 3.8) is 0 Å². The van der Waals surface area contributed by atoms with Crippen LogP contribution in [0.4, 0.5) is 16.2 Å². The van der Waals surface area contributed by atoms with Crippen LogP contribution < -0.4 is 9.80 Å². The third kappa shape index (κ3) is 4.63. The number of carbonyl (C=O) groups is 3. The lowest BCUT2D eigenvalue weighted by Crippen LogP contribution is -2.41. The summed E-state index contributed by atoms with van der Waals surface area (Å²) in [6.07, 6.45) is -1.10. The zero-order chi connectivity index (χ0) is 22.0. The molecule has 1 atom stereocenters. The van der Waals surface area contributed by atoms with Crippen molar-refractivity contribution in [3.05, 3.63) is 54.1 Å². The SMILES string of the molecule is O=C(c1ccccc1S)N(Cl)C[C@@H]1CN(c2ccc(N3CCOCC3=O)cc2)C(=O)O1. The second kappa shape index (κ2) is 9.17. The number of nitrogens with zero attached hydrogens (tertiary/aromatic N) is 3. The molecule has 0 N–H and O–H groups in total. The highest BCUT2D eigenvalue weighted by atomic mass is 35.5. The molecule has 0 saturated carbocycles. The van der Waals surface area contributed by atoms with E-state index in [1.807, 2.05) is 0 Å². The molecular weight excluding hydrogens is 442 g/mol. The van der Waals surface area contributed by atoms with E-state index in [4.69, 9.17) is 21.3 Å². The van der Waals surface area contributed by atoms with Gasteiger partial charge in [0.25, 0.3) is 11.8 Å². The number of rotatable bonds is 5. The molecule has 2 heterocycles. The maximum Gasteiger partial charge on any atom is 0.414 e. The molecule has 8 nitrogen and oxygen atoms in total. The Morgan fingerprint density at radius 3 is 2.45 bits per heavy atom. The van der Waals surface area contributed by atoms with E-state index >= 15 is 0 Å². The molecule has 4 rings (SSSR count). The second-order valence-corrected chi connectivity index (χ2v) is 7.99. The van der Waals surface area contributed by atoms with E-state index in [1.165, 1.54) is 4.90 Å². The molecule has 0 unspecified atom stereocenters. The number of benzene rings is 2. The van der Waals surface area contributed by atoms with Gasteiger partial charge in [-0.15, -0.1) is 12.6 Å². The summed E-state index contributed by atoms with van der Waals surface area (Å²) in [4.78, 5) is 40.5. The van der Waals surface area contributed by atoms with Gasteiger partial charge in [-0.3, -0.25) is 14.5 Å². The highest BCUT2D eigenvalue weighted by Gasteiger charge is 2.34. The minimum absolute atomic E-state index is 0.0328. The van der Waals surface area contributed by atoms with Gasteiger partial charge in [0.15, 0.2) is 0 Å². The lowest BCUT2D eigenvalue weighted by molar-refractivity contribution is -0.125. The first kappa shape index (κ1) is 21.5. The topological polar surface area (TPSA) is 79.4 Å². The van der Waals surface area contributed by atoms with Crippen molar-refractivity contribution in [2.24, 2.45) is 0 Å². The van der Waals surface area contributed by atoms with E-state index < -0.39 is 18.1 Å². The fourth-order valence-electron chi connectivity index (χ4n) is 3.48. The Kier molecular flexibility index (Phi) is 6.35. The van der Waals surface area contributed by atoms with Gasteiger partial charge in [-0.25, -0.2) is 9.21 Å². The van der Waals surface area contributed by atoms with E-state index in [0.29, 0.717) is 29.3 Å². The maximum atomic E-state index is 12.6. The third-order valence-electron chi connectivity index (χ3n) is 5.05. The molecule has 0 aromatic heterocycles. The number of hydrogen-bond donors (Lipinski definition) is 1. The number of cyclic esters (lactones) is 1. The molecule has 0 spiro atoms. The average Bonchev–Trinajstić information content (AvgIpc) is 3.14. The van der Waals surface area contributed by atoms with Gasteiger partial charge in [0.1, 0.15) is 12.7 Å². The lowest BCUT2D eigenvalue weighted by Gasteiger charge is -2.27. The summed E-state index contributed by atoms with van der Waals surface area (Å²) >= 11 is 10.4. The molecular formula is C21H20ClN3O5S. The van der Waals surface area contributed by atoms with Crippen LogP contribution in [0.3, 0.4) is 0 Å². The van der Waals surface area contributed by atoms with Gasteiger partial charge < -0.3 is 14.4 Å². The zero-order valence-electron chi connectivity index (χ0n) is 16.4. The maximum absolute atomic E-state index is 12.6. The van der Waals surface area contributed by atoms with Crippen LogP contribution in [0.5, 0.6) is 0 Å². The smallest absolute Gasteiger partial charge is 0.414 e. The predicted molar refractivity (Wildman–Crippen MR) is 118 cm³/mol. The van der Waals surface area contributed by atoms with Crippen LogP contribution in [0.25, 0.3) is 0 Å². The second-order valence-electron chi connectivity index (χ2n) is 7.10. The molecule has 0 bridgehead atoms. The summed E-state index contributed by atoms with van der Waals surface area (Å²) in [5.74, 6) is -0.518. The Balaban J connectivity index is 1.39. The quantitative estimate of drug-likeness (QED) is 0.547. The van der Waals surface area contributed by atoms with Gasteiger partial charge in [0, 0.05) is 34.6 Å². The first-order valence-electron chi connectivity index (χ1n) is 9.66. The van der Waals surface area contributed by atoms with Crippen LogP contribution in [-0.2, 0) is 14.3 Å². The van der Waals surface area contributed by atoms with Crippen LogP contribution in [-0.4, -0.2) is 61.3 Å². The van der Waals surface area contributed by atoms with Crippen molar-refractivity contribution in [2.75, 3.05) is 42.6 Å². The van der Waals surface area contributed by atoms with E-state index in [-0.39, 0.29) is 25.6 Å². The zero-order valence-corrected chi connectivity index (χ0v) is 18.1. The predicted octanol–water partition coefficient (Wildman–Crippen LogP) is 2.96. The van der Waals surface area contributed by atoms with Crippen molar-refractivity contribution in [1.82, 2.24) is 4.42 Å².